The summed E-state index contributed by atoms with van der Waals surface area (Å²) in [6.07, 6.45) is 21.1. The summed E-state index contributed by atoms with van der Waals surface area (Å²) >= 11 is 0. The molecule has 2 aliphatic carbocycles. The molecule has 2 saturated carbocycles. The Morgan fingerprint density at radius 3 is 1.27 bits per heavy atom. The number of carbonyl (C=O) groups excluding carboxylic acids is 1. The average Bonchev–Trinajstić information content (AvgIpc) is 2.51. The van der Waals surface area contributed by atoms with Crippen LogP contribution in [0.5, 0.6) is 0 Å². The van der Waals surface area contributed by atoms with Gasteiger partial charge in [-0.2, -0.15) is 0 Å². The van der Waals surface area contributed by atoms with E-state index in [1.54, 1.807) is 6.92 Å². The zero-order valence-corrected chi connectivity index (χ0v) is 17.0. The lowest BCUT2D eigenvalue weighted by atomic mass is 9.63. The molecular formula is C23H40O3. The molecule has 0 amide bonds. The minimum absolute atomic E-state index is 0.0820. The fraction of sp³-hybridized carbons (Fsp3) is 0.913. The van der Waals surface area contributed by atoms with E-state index >= 15 is 0 Å². The maximum atomic E-state index is 11.7. The Morgan fingerprint density at radius 1 is 0.654 bits per heavy atom. The molecule has 0 aromatic heterocycles. The van der Waals surface area contributed by atoms with Crippen LogP contribution in [0.2, 0.25) is 0 Å². The number of aliphatic carboxylic acids is 1. The van der Waals surface area contributed by atoms with Gasteiger partial charge in [-0.1, -0.05) is 77.0 Å². The summed E-state index contributed by atoms with van der Waals surface area (Å²) in [7, 11) is 0. The van der Waals surface area contributed by atoms with Gasteiger partial charge < -0.3 is 5.11 Å². The van der Waals surface area contributed by atoms with Crippen LogP contribution in [0.15, 0.2) is 0 Å². The number of ketones is 1. The average molecular weight is 365 g/mol. The lowest BCUT2D eigenvalue weighted by Crippen LogP contribution is -2.37. The second kappa shape index (κ2) is 10.5. The molecule has 0 aromatic carbocycles. The number of carboxylic acid groups (broad SMARTS) is 1. The molecule has 2 aliphatic rings. The topological polar surface area (TPSA) is 54.4 Å². The summed E-state index contributed by atoms with van der Waals surface area (Å²) in [4.78, 5) is 23.0. The predicted octanol–water partition coefficient (Wildman–Crippen LogP) is 6.68. The monoisotopic (exact) mass is 364 g/mol. The molecule has 0 radical (unpaired) electrons. The quantitative estimate of drug-likeness (QED) is 0.330. The number of Topliss-reactive ketones (excluding diaryl/α,β-unsaturated/α-hetero) is 1. The Kier molecular flexibility index (Phi) is 8.63. The zero-order chi connectivity index (χ0) is 18.9. The second-order valence-corrected chi connectivity index (χ2v) is 9.16. The van der Waals surface area contributed by atoms with Gasteiger partial charge in [-0.05, 0) is 45.4 Å². The van der Waals surface area contributed by atoms with Crippen molar-refractivity contribution >= 4 is 11.8 Å². The number of unbranched alkanes of at least 4 members (excludes halogenated alkanes) is 9. The van der Waals surface area contributed by atoms with Crippen molar-refractivity contribution in [3.05, 3.63) is 0 Å². The lowest BCUT2D eigenvalue weighted by molar-refractivity contribution is -0.155. The Bertz CT molecular complexity index is 404. The molecule has 26 heavy (non-hydrogen) atoms. The van der Waals surface area contributed by atoms with Crippen LogP contribution < -0.4 is 0 Å². The van der Waals surface area contributed by atoms with Gasteiger partial charge in [0.05, 0.1) is 5.41 Å². The third kappa shape index (κ3) is 5.82. The van der Waals surface area contributed by atoms with E-state index in [0.29, 0.717) is 5.78 Å². The van der Waals surface area contributed by atoms with Crippen molar-refractivity contribution in [2.24, 2.45) is 10.8 Å². The van der Waals surface area contributed by atoms with Crippen molar-refractivity contribution < 1.29 is 14.7 Å². The Hall–Kier alpha value is -0.860. The molecule has 0 saturated heterocycles. The molecule has 0 unspecified atom stereocenters. The number of hydrogen-bond donors (Lipinski definition) is 1. The Labute approximate surface area is 160 Å². The van der Waals surface area contributed by atoms with Gasteiger partial charge in [-0.25, -0.2) is 0 Å². The Morgan fingerprint density at radius 2 is 1.00 bits per heavy atom. The summed E-state index contributed by atoms with van der Waals surface area (Å²) in [5, 5.41) is 9.32. The molecule has 2 rings (SSSR count). The highest BCUT2D eigenvalue weighted by Crippen LogP contribution is 2.46. The molecule has 150 valence electrons. The molecule has 0 heterocycles. The van der Waals surface area contributed by atoms with Crippen molar-refractivity contribution in [3.8, 4) is 0 Å². The smallest absolute Gasteiger partial charge is 0.309 e. The standard InChI is InChI=1S/C23H40O3/c1-20(24)22(16-12-17-22)14-10-8-6-4-2-3-5-7-9-11-15-23(21(25)26)18-13-19-23/h2-19H2,1H3,(H,25,26). The van der Waals surface area contributed by atoms with Crippen molar-refractivity contribution in [2.75, 3.05) is 0 Å². The van der Waals surface area contributed by atoms with Gasteiger partial charge in [-0.15, -0.1) is 0 Å². The molecule has 3 heteroatoms. The van der Waals surface area contributed by atoms with Crippen LogP contribution >= 0.6 is 0 Å². The molecular weight excluding hydrogens is 324 g/mol. The summed E-state index contributed by atoms with van der Waals surface area (Å²) < 4.78 is 0. The van der Waals surface area contributed by atoms with Crippen molar-refractivity contribution in [3.63, 3.8) is 0 Å². The van der Waals surface area contributed by atoms with Gasteiger partial charge in [-0.3, -0.25) is 9.59 Å². The number of hydrogen-bond acceptors (Lipinski definition) is 2. The first-order valence-electron chi connectivity index (χ1n) is 11.3. The number of rotatable bonds is 15. The fourth-order valence-electron chi connectivity index (χ4n) is 4.90. The molecule has 3 nitrogen and oxygen atoms in total. The summed E-state index contributed by atoms with van der Waals surface area (Å²) in [6, 6.07) is 0. The fourth-order valence-corrected chi connectivity index (χ4v) is 4.90. The minimum atomic E-state index is -0.560. The molecule has 0 aliphatic heterocycles. The van der Waals surface area contributed by atoms with E-state index < -0.39 is 5.97 Å². The van der Waals surface area contributed by atoms with Crippen molar-refractivity contribution in [1.82, 2.24) is 0 Å². The summed E-state index contributed by atoms with van der Waals surface area (Å²) in [6.45, 7) is 1.78. The van der Waals surface area contributed by atoms with Crippen LogP contribution in [0.25, 0.3) is 0 Å². The predicted molar refractivity (Wildman–Crippen MR) is 106 cm³/mol. The van der Waals surface area contributed by atoms with Crippen molar-refractivity contribution in [2.45, 2.75) is 122 Å². The zero-order valence-electron chi connectivity index (χ0n) is 17.0. The van der Waals surface area contributed by atoms with E-state index in [9.17, 15) is 14.7 Å². The van der Waals surface area contributed by atoms with E-state index in [4.69, 9.17) is 0 Å². The highest BCUT2D eigenvalue weighted by atomic mass is 16.4. The number of carboxylic acids is 1. The SMILES string of the molecule is CC(=O)C1(CCCCCCCCCCCCC2(C(=O)O)CCC2)CCC1. The van der Waals surface area contributed by atoms with E-state index in [1.807, 2.05) is 0 Å². The van der Waals surface area contributed by atoms with Crippen LogP contribution in [0.1, 0.15) is 122 Å². The highest BCUT2D eigenvalue weighted by Gasteiger charge is 2.43. The third-order valence-electron chi connectivity index (χ3n) is 7.38. The van der Waals surface area contributed by atoms with Gasteiger partial charge in [0.25, 0.3) is 0 Å². The van der Waals surface area contributed by atoms with Gasteiger partial charge >= 0.3 is 5.97 Å². The van der Waals surface area contributed by atoms with Crippen LogP contribution in [0, 0.1) is 10.8 Å². The molecule has 2 fully saturated rings. The van der Waals surface area contributed by atoms with E-state index in [1.165, 1.54) is 64.2 Å². The highest BCUT2D eigenvalue weighted by molar-refractivity contribution is 5.83. The normalized spacial score (nSPS) is 20.2. The maximum Gasteiger partial charge on any atom is 0.309 e. The van der Waals surface area contributed by atoms with Crippen molar-refractivity contribution in [1.29, 1.82) is 0 Å². The van der Waals surface area contributed by atoms with Crippen LogP contribution in [0.4, 0.5) is 0 Å². The number of carbonyl (C=O) groups is 2. The largest absolute Gasteiger partial charge is 0.481 e. The van der Waals surface area contributed by atoms with Gasteiger partial charge in [0.2, 0.25) is 0 Å². The Balaban J connectivity index is 1.35. The lowest BCUT2D eigenvalue weighted by Gasteiger charge is -2.39. The molecule has 0 aromatic rings. The van der Waals surface area contributed by atoms with Gasteiger partial charge in [0.1, 0.15) is 5.78 Å². The van der Waals surface area contributed by atoms with E-state index in [2.05, 4.69) is 0 Å². The summed E-state index contributed by atoms with van der Waals surface area (Å²) in [5.74, 6) is -0.134. The van der Waals surface area contributed by atoms with E-state index in [0.717, 1.165) is 51.4 Å². The maximum absolute atomic E-state index is 11.7. The van der Waals surface area contributed by atoms with Crippen LogP contribution in [-0.4, -0.2) is 16.9 Å². The van der Waals surface area contributed by atoms with Gasteiger partial charge in [0.15, 0.2) is 0 Å². The first-order valence-corrected chi connectivity index (χ1v) is 11.3. The third-order valence-corrected chi connectivity index (χ3v) is 7.38. The second-order valence-electron chi connectivity index (χ2n) is 9.16. The molecule has 0 atom stereocenters. The minimum Gasteiger partial charge on any atom is -0.481 e. The van der Waals surface area contributed by atoms with Crippen LogP contribution in [0.3, 0.4) is 0 Å². The van der Waals surface area contributed by atoms with Crippen LogP contribution in [-0.2, 0) is 9.59 Å². The van der Waals surface area contributed by atoms with E-state index in [-0.39, 0.29) is 10.8 Å². The molecule has 0 bridgehead atoms. The first-order chi connectivity index (χ1) is 12.5. The summed E-state index contributed by atoms with van der Waals surface area (Å²) in [5.41, 5.74) is -0.265. The molecule has 0 spiro atoms. The molecule has 1 N–H and O–H groups in total. The first kappa shape index (κ1) is 21.4. The van der Waals surface area contributed by atoms with Gasteiger partial charge in [0, 0.05) is 5.41 Å².